The molecule has 20 heavy (non-hydrogen) atoms. The fraction of sp³-hybridized carbons (Fsp3) is 0.625. The van der Waals surface area contributed by atoms with Crippen molar-refractivity contribution in [3.63, 3.8) is 0 Å². The Labute approximate surface area is 130 Å². The fourth-order valence-electron chi connectivity index (χ4n) is 3.03. The highest BCUT2D eigenvalue weighted by Gasteiger charge is 2.30. The molecule has 1 aromatic rings. The maximum Gasteiger partial charge on any atom is 0.133 e. The van der Waals surface area contributed by atoms with Gasteiger partial charge >= 0.3 is 0 Å². The standard InChI is InChI=1S/C16H25BrN2O/c1-11(2)13-6-7-19(10-13)15(9-18)12-4-5-16(20-3)14(17)8-12/h4-5,8,11,13,15H,6-7,9-10,18H2,1-3H3. The average Bonchev–Trinajstić information content (AvgIpc) is 2.89. The van der Waals surface area contributed by atoms with Crippen molar-refractivity contribution in [1.82, 2.24) is 4.90 Å². The summed E-state index contributed by atoms with van der Waals surface area (Å²) in [6.45, 7) is 7.59. The summed E-state index contributed by atoms with van der Waals surface area (Å²) in [5, 5.41) is 0. The lowest BCUT2D eigenvalue weighted by atomic mass is 9.95. The molecule has 4 heteroatoms. The molecule has 1 aliphatic rings. The summed E-state index contributed by atoms with van der Waals surface area (Å²) in [5.74, 6) is 2.41. The zero-order valence-electron chi connectivity index (χ0n) is 12.6. The Balaban J connectivity index is 2.14. The quantitative estimate of drug-likeness (QED) is 0.892. The van der Waals surface area contributed by atoms with E-state index in [0.29, 0.717) is 12.6 Å². The van der Waals surface area contributed by atoms with Crippen LogP contribution in [0.2, 0.25) is 0 Å². The molecule has 1 fully saturated rings. The minimum Gasteiger partial charge on any atom is -0.496 e. The van der Waals surface area contributed by atoms with Gasteiger partial charge in [0.05, 0.1) is 11.6 Å². The topological polar surface area (TPSA) is 38.5 Å². The first-order valence-electron chi connectivity index (χ1n) is 7.34. The number of nitrogens with two attached hydrogens (primary N) is 1. The molecule has 0 bridgehead atoms. The highest BCUT2D eigenvalue weighted by molar-refractivity contribution is 9.10. The largest absolute Gasteiger partial charge is 0.496 e. The third-order valence-electron chi connectivity index (χ3n) is 4.42. The molecule has 3 nitrogen and oxygen atoms in total. The molecular weight excluding hydrogens is 316 g/mol. The van der Waals surface area contributed by atoms with Gasteiger partial charge in [0.1, 0.15) is 5.75 Å². The molecule has 2 unspecified atom stereocenters. The van der Waals surface area contributed by atoms with Gasteiger partial charge in [-0.2, -0.15) is 0 Å². The molecule has 1 heterocycles. The molecule has 2 N–H and O–H groups in total. The van der Waals surface area contributed by atoms with Crippen LogP contribution < -0.4 is 10.5 Å². The number of halogens is 1. The molecule has 1 aliphatic heterocycles. The van der Waals surface area contributed by atoms with Gasteiger partial charge in [0, 0.05) is 19.1 Å². The summed E-state index contributed by atoms with van der Waals surface area (Å²) in [5.41, 5.74) is 7.31. The van der Waals surface area contributed by atoms with E-state index in [0.717, 1.165) is 35.1 Å². The second kappa shape index (κ2) is 6.92. The van der Waals surface area contributed by atoms with Gasteiger partial charge in [-0.3, -0.25) is 4.90 Å². The van der Waals surface area contributed by atoms with E-state index in [2.05, 4.69) is 46.8 Å². The van der Waals surface area contributed by atoms with E-state index in [4.69, 9.17) is 10.5 Å². The molecule has 0 saturated carbocycles. The lowest BCUT2D eigenvalue weighted by molar-refractivity contribution is 0.232. The van der Waals surface area contributed by atoms with E-state index in [1.54, 1.807) is 7.11 Å². The molecule has 0 spiro atoms. The third-order valence-corrected chi connectivity index (χ3v) is 5.04. The van der Waals surface area contributed by atoms with Gasteiger partial charge in [-0.15, -0.1) is 0 Å². The van der Waals surface area contributed by atoms with E-state index in [1.165, 1.54) is 12.0 Å². The van der Waals surface area contributed by atoms with Crippen LogP contribution in [0.15, 0.2) is 22.7 Å². The molecule has 0 aromatic heterocycles. The number of hydrogen-bond donors (Lipinski definition) is 1. The first-order valence-corrected chi connectivity index (χ1v) is 8.13. The van der Waals surface area contributed by atoms with Crippen LogP contribution in [0.4, 0.5) is 0 Å². The average molecular weight is 341 g/mol. The molecule has 1 saturated heterocycles. The summed E-state index contributed by atoms with van der Waals surface area (Å²) in [7, 11) is 1.69. The molecule has 2 rings (SSSR count). The van der Waals surface area contributed by atoms with Crippen molar-refractivity contribution in [2.45, 2.75) is 26.3 Å². The number of likely N-dealkylation sites (tertiary alicyclic amines) is 1. The Kier molecular flexibility index (Phi) is 5.47. The molecular formula is C16H25BrN2O. The Morgan fingerprint density at radius 1 is 1.45 bits per heavy atom. The minimum atomic E-state index is 0.306. The first-order chi connectivity index (χ1) is 9.56. The molecule has 112 valence electrons. The summed E-state index contributed by atoms with van der Waals surface area (Å²) in [6, 6.07) is 6.59. The maximum atomic E-state index is 6.04. The lowest BCUT2D eigenvalue weighted by Gasteiger charge is -2.28. The SMILES string of the molecule is COc1ccc(C(CN)N2CCC(C(C)C)C2)cc1Br. The Morgan fingerprint density at radius 3 is 2.70 bits per heavy atom. The van der Waals surface area contributed by atoms with E-state index in [9.17, 15) is 0 Å². The van der Waals surface area contributed by atoms with Gasteiger partial charge < -0.3 is 10.5 Å². The Morgan fingerprint density at radius 2 is 2.20 bits per heavy atom. The van der Waals surface area contributed by atoms with Crippen molar-refractivity contribution in [3.05, 3.63) is 28.2 Å². The summed E-state index contributed by atoms with van der Waals surface area (Å²) >= 11 is 3.56. The highest BCUT2D eigenvalue weighted by atomic mass is 79.9. The van der Waals surface area contributed by atoms with Crippen LogP contribution in [-0.4, -0.2) is 31.6 Å². The molecule has 0 radical (unpaired) electrons. The van der Waals surface area contributed by atoms with Crippen molar-refractivity contribution in [2.24, 2.45) is 17.6 Å². The molecule has 0 amide bonds. The van der Waals surface area contributed by atoms with Crippen molar-refractivity contribution < 1.29 is 4.74 Å². The van der Waals surface area contributed by atoms with E-state index >= 15 is 0 Å². The van der Waals surface area contributed by atoms with Crippen LogP contribution in [0, 0.1) is 11.8 Å². The normalized spacial score (nSPS) is 21.4. The molecule has 2 atom stereocenters. The van der Waals surface area contributed by atoms with Gasteiger partial charge in [-0.05, 0) is 58.4 Å². The van der Waals surface area contributed by atoms with Gasteiger partial charge in [0.2, 0.25) is 0 Å². The number of benzene rings is 1. The van der Waals surface area contributed by atoms with Crippen molar-refractivity contribution >= 4 is 15.9 Å². The number of methoxy groups -OCH3 is 1. The van der Waals surface area contributed by atoms with Gasteiger partial charge in [-0.25, -0.2) is 0 Å². The van der Waals surface area contributed by atoms with Crippen LogP contribution in [-0.2, 0) is 0 Å². The van der Waals surface area contributed by atoms with Crippen molar-refractivity contribution in [2.75, 3.05) is 26.7 Å². The van der Waals surface area contributed by atoms with E-state index in [-0.39, 0.29) is 0 Å². The van der Waals surface area contributed by atoms with E-state index < -0.39 is 0 Å². The minimum absolute atomic E-state index is 0.306. The lowest BCUT2D eigenvalue weighted by Crippen LogP contribution is -2.32. The van der Waals surface area contributed by atoms with Crippen molar-refractivity contribution in [1.29, 1.82) is 0 Å². The predicted molar refractivity (Wildman–Crippen MR) is 87.0 cm³/mol. The van der Waals surface area contributed by atoms with Crippen LogP contribution in [0.1, 0.15) is 31.9 Å². The van der Waals surface area contributed by atoms with Gasteiger partial charge in [-0.1, -0.05) is 19.9 Å². The number of hydrogen-bond acceptors (Lipinski definition) is 3. The summed E-state index contributed by atoms with van der Waals surface area (Å²) < 4.78 is 6.29. The Hall–Kier alpha value is -0.580. The maximum absolute atomic E-state index is 6.04. The second-order valence-corrected chi connectivity index (χ2v) is 6.79. The number of nitrogens with zero attached hydrogens (tertiary/aromatic N) is 1. The van der Waals surface area contributed by atoms with Gasteiger partial charge in [0.25, 0.3) is 0 Å². The summed E-state index contributed by atoms with van der Waals surface area (Å²) in [6.07, 6.45) is 1.28. The highest BCUT2D eigenvalue weighted by Crippen LogP contribution is 2.33. The van der Waals surface area contributed by atoms with Crippen molar-refractivity contribution in [3.8, 4) is 5.75 Å². The smallest absolute Gasteiger partial charge is 0.133 e. The van der Waals surface area contributed by atoms with Crippen LogP contribution in [0.5, 0.6) is 5.75 Å². The zero-order chi connectivity index (χ0) is 14.7. The molecule has 1 aromatic carbocycles. The summed E-state index contributed by atoms with van der Waals surface area (Å²) in [4.78, 5) is 2.53. The fourth-order valence-corrected chi connectivity index (χ4v) is 3.59. The van der Waals surface area contributed by atoms with Crippen LogP contribution in [0.25, 0.3) is 0 Å². The van der Waals surface area contributed by atoms with Crippen LogP contribution in [0.3, 0.4) is 0 Å². The third kappa shape index (κ3) is 3.35. The van der Waals surface area contributed by atoms with Crippen LogP contribution >= 0.6 is 15.9 Å². The number of rotatable bonds is 5. The monoisotopic (exact) mass is 340 g/mol. The molecule has 0 aliphatic carbocycles. The number of ether oxygens (including phenoxy) is 1. The first kappa shape index (κ1) is 15.8. The zero-order valence-corrected chi connectivity index (χ0v) is 14.2. The Bertz CT molecular complexity index is 450. The van der Waals surface area contributed by atoms with Gasteiger partial charge in [0.15, 0.2) is 0 Å². The van der Waals surface area contributed by atoms with E-state index in [1.807, 2.05) is 6.07 Å². The predicted octanol–water partition coefficient (Wildman–Crippen LogP) is 3.44. The second-order valence-electron chi connectivity index (χ2n) is 5.93.